The van der Waals surface area contributed by atoms with Gasteiger partial charge in [-0.1, -0.05) is 51.1 Å². The molecule has 0 bridgehead atoms. The molecule has 0 aromatic heterocycles. The second kappa shape index (κ2) is 4.95. The van der Waals surface area contributed by atoms with Gasteiger partial charge in [-0.3, -0.25) is 0 Å². The van der Waals surface area contributed by atoms with Gasteiger partial charge in [0.05, 0.1) is 4.47 Å². The zero-order valence-corrected chi connectivity index (χ0v) is 14.8. The fraction of sp³-hybridized carbons (Fsp3) is 0.375. The molecule has 19 heavy (non-hydrogen) atoms. The number of hydrogen-bond donors (Lipinski definition) is 0. The lowest BCUT2D eigenvalue weighted by Crippen LogP contribution is -2.44. The fourth-order valence-corrected chi connectivity index (χ4v) is 3.34. The van der Waals surface area contributed by atoms with Crippen molar-refractivity contribution in [3.63, 3.8) is 0 Å². The summed E-state index contributed by atoms with van der Waals surface area (Å²) in [5.41, 5.74) is 0. The number of fused-ring (bicyclic) bond motifs is 1. The molecular weight excluding hydrogens is 316 g/mol. The fourth-order valence-electron chi connectivity index (χ4n) is 1.73. The zero-order chi connectivity index (χ0) is 14.3. The van der Waals surface area contributed by atoms with Gasteiger partial charge in [-0.25, -0.2) is 0 Å². The van der Waals surface area contributed by atoms with Gasteiger partial charge in [0, 0.05) is 5.39 Å². The molecule has 2 rings (SSSR count). The standard InChI is InChI=1S/C16H21BrOSi/c1-16(2,3)19(4,5)18-15-13-9-7-6-8-12(13)10-11-14(15)17/h6-11H,1-5H3. The molecular formula is C16H21BrOSi. The lowest BCUT2D eigenvalue weighted by Gasteiger charge is -2.37. The van der Waals surface area contributed by atoms with Gasteiger partial charge in [-0.15, -0.1) is 0 Å². The lowest BCUT2D eigenvalue weighted by molar-refractivity contribution is 0.494. The normalized spacial score (nSPS) is 12.7. The van der Waals surface area contributed by atoms with Crippen molar-refractivity contribution in [2.75, 3.05) is 0 Å². The van der Waals surface area contributed by atoms with E-state index < -0.39 is 8.32 Å². The van der Waals surface area contributed by atoms with Gasteiger partial charge in [0.2, 0.25) is 0 Å². The summed E-state index contributed by atoms with van der Waals surface area (Å²) in [7, 11) is -1.82. The van der Waals surface area contributed by atoms with Crippen LogP contribution in [0.3, 0.4) is 0 Å². The van der Waals surface area contributed by atoms with Crippen LogP contribution < -0.4 is 4.43 Å². The van der Waals surface area contributed by atoms with Crippen LogP contribution >= 0.6 is 15.9 Å². The van der Waals surface area contributed by atoms with Crippen LogP contribution in [-0.4, -0.2) is 8.32 Å². The van der Waals surface area contributed by atoms with E-state index in [1.165, 1.54) is 10.8 Å². The first-order valence-electron chi connectivity index (χ1n) is 6.59. The summed E-state index contributed by atoms with van der Waals surface area (Å²) < 4.78 is 7.54. The molecule has 102 valence electrons. The minimum Gasteiger partial charge on any atom is -0.542 e. The Morgan fingerprint density at radius 3 is 2.26 bits per heavy atom. The minimum atomic E-state index is -1.82. The third-order valence-corrected chi connectivity index (χ3v) is 8.95. The Bertz CT molecular complexity index is 599. The highest BCUT2D eigenvalue weighted by Crippen LogP contribution is 2.41. The van der Waals surface area contributed by atoms with Crippen LogP contribution in [0, 0.1) is 0 Å². The van der Waals surface area contributed by atoms with E-state index in [1.54, 1.807) is 0 Å². The van der Waals surface area contributed by atoms with Crippen LogP contribution in [0.2, 0.25) is 18.1 Å². The Balaban J connectivity index is 2.54. The second-order valence-electron chi connectivity index (χ2n) is 6.46. The number of halogens is 1. The maximum Gasteiger partial charge on any atom is 0.250 e. The van der Waals surface area contributed by atoms with Gasteiger partial charge in [0.15, 0.2) is 0 Å². The Hall–Kier alpha value is -0.803. The average Bonchev–Trinajstić information content (AvgIpc) is 2.31. The molecule has 0 aliphatic carbocycles. The Labute approximate surface area is 125 Å². The summed E-state index contributed by atoms with van der Waals surface area (Å²) >= 11 is 3.63. The molecule has 0 radical (unpaired) electrons. The van der Waals surface area contributed by atoms with Crippen molar-refractivity contribution in [3.8, 4) is 5.75 Å². The summed E-state index contributed by atoms with van der Waals surface area (Å²) in [4.78, 5) is 0. The van der Waals surface area contributed by atoms with E-state index in [4.69, 9.17) is 4.43 Å². The van der Waals surface area contributed by atoms with Crippen molar-refractivity contribution in [2.24, 2.45) is 0 Å². The van der Waals surface area contributed by atoms with Crippen molar-refractivity contribution in [1.82, 2.24) is 0 Å². The van der Waals surface area contributed by atoms with Crippen molar-refractivity contribution in [2.45, 2.75) is 38.9 Å². The molecule has 0 aliphatic rings. The molecule has 0 heterocycles. The summed E-state index contributed by atoms with van der Waals surface area (Å²) in [6.07, 6.45) is 0. The van der Waals surface area contributed by atoms with Gasteiger partial charge in [-0.2, -0.15) is 0 Å². The smallest absolute Gasteiger partial charge is 0.250 e. The Morgan fingerprint density at radius 1 is 1.00 bits per heavy atom. The molecule has 0 saturated heterocycles. The van der Waals surface area contributed by atoms with Crippen LogP contribution in [-0.2, 0) is 0 Å². The highest BCUT2D eigenvalue weighted by molar-refractivity contribution is 9.10. The van der Waals surface area contributed by atoms with Crippen molar-refractivity contribution < 1.29 is 4.43 Å². The first-order valence-corrected chi connectivity index (χ1v) is 10.3. The highest BCUT2D eigenvalue weighted by atomic mass is 79.9. The molecule has 0 unspecified atom stereocenters. The van der Waals surface area contributed by atoms with E-state index in [-0.39, 0.29) is 5.04 Å². The van der Waals surface area contributed by atoms with E-state index >= 15 is 0 Å². The van der Waals surface area contributed by atoms with Gasteiger partial charge >= 0.3 is 0 Å². The third-order valence-electron chi connectivity index (χ3n) is 3.99. The summed E-state index contributed by atoms with van der Waals surface area (Å²) in [5.74, 6) is 0.990. The van der Waals surface area contributed by atoms with Crippen molar-refractivity contribution >= 4 is 35.0 Å². The highest BCUT2D eigenvalue weighted by Gasteiger charge is 2.39. The van der Waals surface area contributed by atoms with E-state index in [1.807, 2.05) is 0 Å². The minimum absolute atomic E-state index is 0.198. The summed E-state index contributed by atoms with van der Waals surface area (Å²) in [6, 6.07) is 12.6. The molecule has 0 fully saturated rings. The summed E-state index contributed by atoms with van der Waals surface area (Å²) in [6.45, 7) is 11.3. The molecule has 2 aromatic carbocycles. The van der Waals surface area contributed by atoms with Crippen LogP contribution in [0.25, 0.3) is 10.8 Å². The molecule has 0 N–H and O–H groups in total. The van der Waals surface area contributed by atoms with Gasteiger partial charge in [-0.05, 0) is 45.5 Å². The largest absolute Gasteiger partial charge is 0.542 e. The molecule has 0 spiro atoms. The monoisotopic (exact) mass is 336 g/mol. The van der Waals surface area contributed by atoms with Crippen molar-refractivity contribution in [3.05, 3.63) is 40.9 Å². The topological polar surface area (TPSA) is 9.23 Å². The molecule has 3 heteroatoms. The second-order valence-corrected chi connectivity index (χ2v) is 12.0. The van der Waals surface area contributed by atoms with Crippen LogP contribution in [0.5, 0.6) is 5.75 Å². The lowest BCUT2D eigenvalue weighted by atomic mass is 10.1. The molecule has 1 nitrogen and oxygen atoms in total. The zero-order valence-electron chi connectivity index (χ0n) is 12.3. The number of hydrogen-bond acceptors (Lipinski definition) is 1. The molecule has 0 saturated carbocycles. The first kappa shape index (κ1) is 14.6. The maximum atomic E-state index is 6.50. The quantitative estimate of drug-likeness (QED) is 0.612. The predicted octanol–water partition coefficient (Wildman–Crippen LogP) is 5.99. The molecule has 0 atom stereocenters. The van der Waals surface area contributed by atoms with E-state index in [9.17, 15) is 0 Å². The Morgan fingerprint density at radius 2 is 1.63 bits per heavy atom. The molecule has 0 amide bonds. The molecule has 0 aliphatic heterocycles. The Kier molecular flexibility index (Phi) is 3.80. The van der Waals surface area contributed by atoms with Crippen LogP contribution in [0.15, 0.2) is 40.9 Å². The average molecular weight is 337 g/mol. The van der Waals surface area contributed by atoms with Crippen molar-refractivity contribution in [1.29, 1.82) is 0 Å². The van der Waals surface area contributed by atoms with Gasteiger partial charge in [0.1, 0.15) is 5.75 Å². The number of rotatable bonds is 2. The third kappa shape index (κ3) is 2.87. The molecule has 2 aromatic rings. The van der Waals surface area contributed by atoms with Crippen LogP contribution in [0.4, 0.5) is 0 Å². The predicted molar refractivity (Wildman–Crippen MR) is 89.5 cm³/mol. The van der Waals surface area contributed by atoms with Gasteiger partial charge in [0.25, 0.3) is 8.32 Å². The first-order chi connectivity index (χ1) is 8.72. The van der Waals surface area contributed by atoms with E-state index in [0.717, 1.165) is 10.2 Å². The number of benzene rings is 2. The van der Waals surface area contributed by atoms with E-state index in [2.05, 4.69) is 86.2 Å². The maximum absolute atomic E-state index is 6.50. The van der Waals surface area contributed by atoms with Crippen LogP contribution in [0.1, 0.15) is 20.8 Å². The summed E-state index contributed by atoms with van der Waals surface area (Å²) in [5, 5.41) is 2.60. The SMILES string of the molecule is CC(C)(C)[Si](C)(C)Oc1c(Br)ccc2ccccc12. The van der Waals surface area contributed by atoms with E-state index in [0.29, 0.717) is 0 Å². The van der Waals surface area contributed by atoms with Gasteiger partial charge < -0.3 is 4.43 Å².